The fourth-order valence-electron chi connectivity index (χ4n) is 3.66. The van der Waals surface area contributed by atoms with Gasteiger partial charge < -0.3 is 5.32 Å². The molecule has 0 fully saturated rings. The van der Waals surface area contributed by atoms with Gasteiger partial charge in [0, 0.05) is 16.3 Å². The number of benzene rings is 3. The number of carbonyl (C=O) groups is 1. The van der Waals surface area contributed by atoms with Gasteiger partial charge in [0.15, 0.2) is 0 Å². The average molecular weight is 441 g/mol. The Morgan fingerprint density at radius 1 is 0.933 bits per heavy atom. The largest absolute Gasteiger partial charge is 0.345 e. The number of aryl methyl sites for hydroxylation is 1. The molecule has 1 atom stereocenters. The molecule has 3 aromatic carbocycles. The number of rotatable bonds is 5. The summed E-state index contributed by atoms with van der Waals surface area (Å²) in [7, 11) is -3.76. The molecule has 1 aliphatic carbocycles. The van der Waals surface area contributed by atoms with E-state index in [1.54, 1.807) is 24.3 Å². The van der Waals surface area contributed by atoms with Crippen LogP contribution in [0.1, 0.15) is 40.4 Å². The summed E-state index contributed by atoms with van der Waals surface area (Å²) >= 11 is 5.83. The molecule has 0 heterocycles. The fourth-order valence-corrected chi connectivity index (χ4v) is 4.85. The zero-order valence-corrected chi connectivity index (χ0v) is 17.7. The van der Waals surface area contributed by atoms with Crippen molar-refractivity contribution >= 4 is 33.2 Å². The van der Waals surface area contributed by atoms with Crippen LogP contribution in [0.2, 0.25) is 5.02 Å². The van der Waals surface area contributed by atoms with Gasteiger partial charge in [0.25, 0.3) is 15.9 Å². The van der Waals surface area contributed by atoms with Crippen LogP contribution in [-0.2, 0) is 16.4 Å². The Balaban J connectivity index is 1.47. The number of hydrogen-bond donors (Lipinski definition) is 2. The van der Waals surface area contributed by atoms with E-state index in [2.05, 4.69) is 22.2 Å². The minimum atomic E-state index is -3.76. The van der Waals surface area contributed by atoms with Gasteiger partial charge in [-0.2, -0.15) is 0 Å². The number of anilines is 1. The third-order valence-electron chi connectivity index (χ3n) is 5.20. The zero-order chi connectivity index (χ0) is 21.1. The van der Waals surface area contributed by atoms with Gasteiger partial charge in [0.2, 0.25) is 0 Å². The lowest BCUT2D eigenvalue weighted by Crippen LogP contribution is -2.31. The van der Waals surface area contributed by atoms with E-state index < -0.39 is 10.0 Å². The third kappa shape index (κ3) is 4.50. The second-order valence-corrected chi connectivity index (χ2v) is 9.37. The van der Waals surface area contributed by atoms with Crippen LogP contribution in [0.5, 0.6) is 0 Å². The normalized spacial score (nSPS) is 15.8. The van der Waals surface area contributed by atoms with Gasteiger partial charge in [-0.1, -0.05) is 35.9 Å². The highest BCUT2D eigenvalue weighted by molar-refractivity contribution is 7.92. The highest BCUT2D eigenvalue weighted by Gasteiger charge is 2.22. The first-order chi connectivity index (χ1) is 14.4. The number of nitrogens with one attached hydrogen (secondary N) is 2. The molecule has 1 amide bonds. The Kier molecular flexibility index (Phi) is 5.79. The number of sulfonamides is 1. The smallest absolute Gasteiger partial charge is 0.261 e. The van der Waals surface area contributed by atoms with Crippen LogP contribution < -0.4 is 10.0 Å². The van der Waals surface area contributed by atoms with Crippen molar-refractivity contribution in [3.05, 3.63) is 94.5 Å². The molecule has 30 heavy (non-hydrogen) atoms. The standard InChI is InChI=1S/C23H21ClN2O3S/c24-18-10-12-19(13-11-18)26-30(28,29)20-14-8-17(9-15-20)23(27)25-22-7-3-5-16-4-1-2-6-21(16)22/h1-2,4,6,8-15,22,26H,3,5,7H2,(H,25,27)/t22-/m1/s1. The molecule has 3 aromatic rings. The molecule has 0 radical (unpaired) electrons. The minimum absolute atomic E-state index is 0.0302. The Morgan fingerprint density at radius 3 is 2.37 bits per heavy atom. The lowest BCUT2D eigenvalue weighted by atomic mass is 9.87. The van der Waals surface area contributed by atoms with Gasteiger partial charge in [0.1, 0.15) is 0 Å². The van der Waals surface area contributed by atoms with Crippen LogP contribution >= 0.6 is 11.6 Å². The van der Waals surface area contributed by atoms with E-state index in [0.29, 0.717) is 16.3 Å². The fraction of sp³-hybridized carbons (Fsp3) is 0.174. The Labute approximate surface area is 181 Å². The van der Waals surface area contributed by atoms with Crippen molar-refractivity contribution in [3.8, 4) is 0 Å². The molecule has 0 bridgehead atoms. The molecule has 154 valence electrons. The molecule has 0 aliphatic heterocycles. The first-order valence-electron chi connectivity index (χ1n) is 9.69. The van der Waals surface area contributed by atoms with E-state index in [9.17, 15) is 13.2 Å². The number of halogens is 1. The summed E-state index contributed by atoms with van der Waals surface area (Å²) in [6, 6.07) is 20.4. The molecule has 0 spiro atoms. The van der Waals surface area contributed by atoms with Crippen molar-refractivity contribution in [2.75, 3.05) is 4.72 Å². The van der Waals surface area contributed by atoms with Gasteiger partial charge >= 0.3 is 0 Å². The summed E-state index contributed by atoms with van der Waals surface area (Å²) in [6.07, 6.45) is 2.94. The minimum Gasteiger partial charge on any atom is -0.345 e. The molecule has 4 rings (SSSR count). The van der Waals surface area contributed by atoms with Crippen LogP contribution in [0.25, 0.3) is 0 Å². The number of fused-ring (bicyclic) bond motifs is 1. The first-order valence-corrected chi connectivity index (χ1v) is 11.6. The summed E-state index contributed by atoms with van der Waals surface area (Å²) in [6.45, 7) is 0. The third-order valence-corrected chi connectivity index (χ3v) is 6.85. The molecule has 0 saturated carbocycles. The van der Waals surface area contributed by atoms with E-state index >= 15 is 0 Å². The first kappa shape index (κ1) is 20.4. The molecular formula is C23H21ClN2O3S. The van der Waals surface area contributed by atoms with Crippen molar-refractivity contribution in [3.63, 3.8) is 0 Å². The summed E-state index contributed by atoms with van der Waals surface area (Å²) < 4.78 is 27.7. The van der Waals surface area contributed by atoms with Crippen LogP contribution in [0.15, 0.2) is 77.7 Å². The second-order valence-electron chi connectivity index (χ2n) is 7.25. The maximum atomic E-state index is 12.7. The number of carbonyl (C=O) groups excluding carboxylic acids is 1. The highest BCUT2D eigenvalue weighted by atomic mass is 35.5. The van der Waals surface area contributed by atoms with Crippen LogP contribution in [-0.4, -0.2) is 14.3 Å². The Bertz CT molecular complexity index is 1160. The summed E-state index contributed by atoms with van der Waals surface area (Å²) in [4.78, 5) is 12.8. The molecule has 0 saturated heterocycles. The Hall–Kier alpha value is -2.83. The number of hydrogen-bond acceptors (Lipinski definition) is 3. The quantitative estimate of drug-likeness (QED) is 0.589. The van der Waals surface area contributed by atoms with Crippen molar-refractivity contribution in [2.24, 2.45) is 0 Å². The van der Waals surface area contributed by atoms with Crippen LogP contribution in [0, 0.1) is 0 Å². The molecule has 2 N–H and O–H groups in total. The van der Waals surface area contributed by atoms with Crippen molar-refractivity contribution < 1.29 is 13.2 Å². The van der Waals surface area contributed by atoms with Crippen LogP contribution in [0.3, 0.4) is 0 Å². The summed E-state index contributed by atoms with van der Waals surface area (Å²) in [5, 5.41) is 3.60. The van der Waals surface area contributed by atoms with Crippen molar-refractivity contribution in [1.29, 1.82) is 0 Å². The van der Waals surface area contributed by atoms with Gasteiger partial charge in [0.05, 0.1) is 10.9 Å². The van der Waals surface area contributed by atoms with Gasteiger partial charge in [-0.25, -0.2) is 8.42 Å². The summed E-state index contributed by atoms with van der Waals surface area (Å²) in [5.41, 5.74) is 3.26. The Morgan fingerprint density at radius 2 is 1.63 bits per heavy atom. The SMILES string of the molecule is O=C(N[C@@H]1CCCc2ccccc21)c1ccc(S(=O)(=O)Nc2ccc(Cl)cc2)cc1. The maximum absolute atomic E-state index is 12.7. The lowest BCUT2D eigenvalue weighted by molar-refractivity contribution is 0.0932. The van der Waals surface area contributed by atoms with Gasteiger partial charge in [-0.3, -0.25) is 9.52 Å². The second kappa shape index (κ2) is 8.50. The predicted octanol–water partition coefficient (Wildman–Crippen LogP) is 4.95. The summed E-state index contributed by atoms with van der Waals surface area (Å²) in [5.74, 6) is -0.216. The maximum Gasteiger partial charge on any atom is 0.261 e. The zero-order valence-electron chi connectivity index (χ0n) is 16.1. The highest BCUT2D eigenvalue weighted by Crippen LogP contribution is 2.29. The van der Waals surface area contributed by atoms with E-state index in [4.69, 9.17) is 11.6 Å². The average Bonchev–Trinajstić information content (AvgIpc) is 2.75. The molecule has 7 heteroatoms. The van der Waals surface area contributed by atoms with Gasteiger partial charge in [-0.05, 0) is 78.9 Å². The molecular weight excluding hydrogens is 420 g/mol. The van der Waals surface area contributed by atoms with Crippen LogP contribution in [0.4, 0.5) is 5.69 Å². The van der Waals surface area contributed by atoms with Gasteiger partial charge in [-0.15, -0.1) is 0 Å². The molecule has 0 unspecified atom stereocenters. The predicted molar refractivity (Wildman–Crippen MR) is 118 cm³/mol. The van der Waals surface area contributed by atoms with E-state index in [1.807, 2.05) is 12.1 Å². The van der Waals surface area contributed by atoms with E-state index in [1.165, 1.54) is 29.8 Å². The number of amides is 1. The molecule has 1 aliphatic rings. The van der Waals surface area contributed by atoms with Crippen molar-refractivity contribution in [1.82, 2.24) is 5.32 Å². The molecule has 0 aromatic heterocycles. The van der Waals surface area contributed by atoms with Crippen molar-refractivity contribution in [2.45, 2.75) is 30.2 Å². The van der Waals surface area contributed by atoms with E-state index in [-0.39, 0.29) is 16.8 Å². The topological polar surface area (TPSA) is 75.3 Å². The molecule has 5 nitrogen and oxygen atoms in total. The lowest BCUT2D eigenvalue weighted by Gasteiger charge is -2.26. The van der Waals surface area contributed by atoms with E-state index in [0.717, 1.165) is 24.8 Å². The monoisotopic (exact) mass is 440 g/mol.